The van der Waals surface area contributed by atoms with Gasteiger partial charge in [-0.1, -0.05) is 23.7 Å². The maximum absolute atomic E-state index is 12.7. The Bertz CT molecular complexity index is 871. The van der Waals surface area contributed by atoms with Crippen molar-refractivity contribution in [3.05, 3.63) is 53.1 Å². The summed E-state index contributed by atoms with van der Waals surface area (Å²) in [6.07, 6.45) is 0.104. The molecule has 0 unspecified atom stereocenters. The summed E-state index contributed by atoms with van der Waals surface area (Å²) < 4.78 is 10.9. The molecule has 1 N–H and O–H groups in total. The van der Waals surface area contributed by atoms with Crippen LogP contribution in [0.3, 0.4) is 0 Å². The lowest BCUT2D eigenvalue weighted by molar-refractivity contribution is -0.125. The Balaban J connectivity index is 1.55. The molecule has 2 amide bonds. The SMILES string of the molecule is COc1cccc(CNC(=O)CCC(=O)N2C[C@H](C)Oc3ccc(Cl)cc32)c1. The first-order chi connectivity index (χ1) is 13.5. The molecule has 2 aromatic rings. The van der Waals surface area contributed by atoms with Gasteiger partial charge in [0.05, 0.1) is 19.3 Å². The molecule has 7 heteroatoms. The van der Waals surface area contributed by atoms with Crippen LogP contribution in [0.15, 0.2) is 42.5 Å². The number of nitrogens with zero attached hydrogens (tertiary/aromatic N) is 1. The van der Waals surface area contributed by atoms with Crippen molar-refractivity contribution >= 4 is 29.1 Å². The first kappa shape index (κ1) is 20.0. The minimum absolute atomic E-state index is 0.114. The van der Waals surface area contributed by atoms with E-state index in [-0.39, 0.29) is 30.8 Å². The van der Waals surface area contributed by atoms with Gasteiger partial charge in [0.1, 0.15) is 17.6 Å². The highest BCUT2D eigenvalue weighted by molar-refractivity contribution is 6.31. The van der Waals surface area contributed by atoms with E-state index in [2.05, 4.69) is 5.32 Å². The van der Waals surface area contributed by atoms with Gasteiger partial charge in [0.15, 0.2) is 0 Å². The van der Waals surface area contributed by atoms with Crippen molar-refractivity contribution in [3.63, 3.8) is 0 Å². The van der Waals surface area contributed by atoms with E-state index < -0.39 is 0 Å². The van der Waals surface area contributed by atoms with Gasteiger partial charge in [-0.15, -0.1) is 0 Å². The van der Waals surface area contributed by atoms with Crippen LogP contribution in [0, 0.1) is 0 Å². The van der Waals surface area contributed by atoms with Gasteiger partial charge in [-0.2, -0.15) is 0 Å². The van der Waals surface area contributed by atoms with Gasteiger partial charge in [-0.05, 0) is 42.8 Å². The zero-order valence-electron chi connectivity index (χ0n) is 15.9. The van der Waals surface area contributed by atoms with Crippen LogP contribution in [0.4, 0.5) is 5.69 Å². The number of amides is 2. The number of methoxy groups -OCH3 is 1. The standard InChI is InChI=1S/C21H23ClN2O4/c1-14-13-24(18-11-16(22)6-7-19(18)28-14)21(26)9-8-20(25)23-12-15-4-3-5-17(10-15)27-2/h3-7,10-11,14H,8-9,12-13H2,1-2H3,(H,23,25)/t14-/m0/s1. The number of halogens is 1. The largest absolute Gasteiger partial charge is 0.497 e. The van der Waals surface area contributed by atoms with Crippen molar-refractivity contribution in [1.29, 1.82) is 0 Å². The topological polar surface area (TPSA) is 67.9 Å². The van der Waals surface area contributed by atoms with Gasteiger partial charge < -0.3 is 19.7 Å². The number of fused-ring (bicyclic) bond motifs is 1. The van der Waals surface area contributed by atoms with Gasteiger partial charge in [0.25, 0.3) is 0 Å². The molecule has 1 aliphatic rings. The van der Waals surface area contributed by atoms with Gasteiger partial charge in [0, 0.05) is 24.4 Å². The molecular formula is C21H23ClN2O4. The van der Waals surface area contributed by atoms with Crippen molar-refractivity contribution in [3.8, 4) is 11.5 Å². The molecule has 0 spiro atoms. The van der Waals surface area contributed by atoms with Crippen LogP contribution in [0.2, 0.25) is 5.02 Å². The van der Waals surface area contributed by atoms with Crippen LogP contribution in [0.5, 0.6) is 11.5 Å². The smallest absolute Gasteiger partial charge is 0.227 e. The molecule has 0 bridgehead atoms. The summed E-state index contributed by atoms with van der Waals surface area (Å²) in [6, 6.07) is 12.7. The van der Waals surface area contributed by atoms with Gasteiger partial charge in [0.2, 0.25) is 11.8 Å². The van der Waals surface area contributed by atoms with Crippen molar-refractivity contribution in [1.82, 2.24) is 5.32 Å². The third-order valence-electron chi connectivity index (χ3n) is 4.47. The summed E-state index contributed by atoms with van der Waals surface area (Å²) >= 11 is 6.07. The van der Waals surface area contributed by atoms with Crippen LogP contribution in [0.25, 0.3) is 0 Å². The zero-order chi connectivity index (χ0) is 20.1. The monoisotopic (exact) mass is 402 g/mol. The molecule has 28 heavy (non-hydrogen) atoms. The molecule has 0 saturated carbocycles. The zero-order valence-corrected chi connectivity index (χ0v) is 16.7. The molecule has 2 aromatic carbocycles. The van der Waals surface area contributed by atoms with E-state index in [9.17, 15) is 9.59 Å². The van der Waals surface area contributed by atoms with Crippen LogP contribution < -0.4 is 19.7 Å². The predicted molar refractivity (Wildman–Crippen MR) is 108 cm³/mol. The summed E-state index contributed by atoms with van der Waals surface area (Å²) in [5, 5.41) is 3.37. The first-order valence-electron chi connectivity index (χ1n) is 9.12. The normalized spacial score (nSPS) is 15.4. The number of carbonyl (C=O) groups is 2. The third kappa shape index (κ3) is 4.95. The average molecular weight is 403 g/mol. The molecular weight excluding hydrogens is 380 g/mol. The summed E-state index contributed by atoms with van der Waals surface area (Å²) in [6.45, 7) is 2.72. The summed E-state index contributed by atoms with van der Waals surface area (Å²) in [7, 11) is 1.60. The third-order valence-corrected chi connectivity index (χ3v) is 4.71. The van der Waals surface area contributed by atoms with Crippen molar-refractivity contribution in [2.24, 2.45) is 0 Å². The van der Waals surface area contributed by atoms with Gasteiger partial charge in [-0.25, -0.2) is 0 Å². The van der Waals surface area contributed by atoms with E-state index in [1.54, 1.807) is 30.2 Å². The van der Waals surface area contributed by atoms with Crippen LogP contribution in [0.1, 0.15) is 25.3 Å². The first-order valence-corrected chi connectivity index (χ1v) is 9.50. The number of ether oxygens (including phenoxy) is 2. The number of hydrogen-bond donors (Lipinski definition) is 1. The summed E-state index contributed by atoms with van der Waals surface area (Å²) in [4.78, 5) is 26.5. The van der Waals surface area contributed by atoms with Crippen molar-refractivity contribution in [2.75, 3.05) is 18.6 Å². The lowest BCUT2D eigenvalue weighted by Crippen LogP contribution is -2.42. The molecule has 0 aromatic heterocycles. The van der Waals surface area contributed by atoms with E-state index in [0.717, 1.165) is 11.3 Å². The second kappa shape index (κ2) is 8.97. The fourth-order valence-corrected chi connectivity index (χ4v) is 3.24. The molecule has 1 atom stereocenters. The van der Waals surface area contributed by atoms with Crippen molar-refractivity contribution in [2.45, 2.75) is 32.4 Å². The molecule has 0 radical (unpaired) electrons. The van der Waals surface area contributed by atoms with E-state index >= 15 is 0 Å². The summed E-state index contributed by atoms with van der Waals surface area (Å²) in [5.41, 5.74) is 1.58. The molecule has 6 nitrogen and oxygen atoms in total. The highest BCUT2D eigenvalue weighted by Crippen LogP contribution is 2.36. The molecule has 0 fully saturated rings. The quantitative estimate of drug-likeness (QED) is 0.802. The number of anilines is 1. The lowest BCUT2D eigenvalue weighted by Gasteiger charge is -2.33. The van der Waals surface area contributed by atoms with Crippen LogP contribution in [-0.4, -0.2) is 31.6 Å². The molecule has 0 aliphatic carbocycles. The Morgan fingerprint density at radius 1 is 1.25 bits per heavy atom. The van der Waals surface area contributed by atoms with E-state index in [4.69, 9.17) is 21.1 Å². The maximum atomic E-state index is 12.7. The van der Waals surface area contributed by atoms with E-state index in [1.165, 1.54) is 0 Å². The van der Waals surface area contributed by atoms with Crippen LogP contribution >= 0.6 is 11.6 Å². The van der Waals surface area contributed by atoms with Crippen molar-refractivity contribution < 1.29 is 19.1 Å². The Morgan fingerprint density at radius 3 is 2.86 bits per heavy atom. The Morgan fingerprint density at radius 2 is 2.07 bits per heavy atom. The minimum Gasteiger partial charge on any atom is -0.497 e. The second-order valence-corrected chi connectivity index (χ2v) is 7.11. The lowest BCUT2D eigenvalue weighted by atomic mass is 10.1. The number of nitrogens with one attached hydrogen (secondary N) is 1. The van der Waals surface area contributed by atoms with E-state index in [1.807, 2.05) is 31.2 Å². The average Bonchev–Trinajstić information content (AvgIpc) is 2.70. The number of benzene rings is 2. The molecule has 1 heterocycles. The Kier molecular flexibility index (Phi) is 6.41. The van der Waals surface area contributed by atoms with Gasteiger partial charge in [-0.3, -0.25) is 9.59 Å². The maximum Gasteiger partial charge on any atom is 0.227 e. The predicted octanol–water partition coefficient (Wildman–Crippen LogP) is 3.56. The van der Waals surface area contributed by atoms with Gasteiger partial charge >= 0.3 is 0 Å². The second-order valence-electron chi connectivity index (χ2n) is 6.67. The molecule has 3 rings (SSSR count). The minimum atomic E-state index is -0.177. The summed E-state index contributed by atoms with van der Waals surface area (Å²) in [5.74, 6) is 1.05. The number of carbonyl (C=O) groups excluding carboxylic acids is 2. The number of rotatable bonds is 6. The number of hydrogen-bond acceptors (Lipinski definition) is 4. The van der Waals surface area contributed by atoms with E-state index in [0.29, 0.717) is 29.5 Å². The van der Waals surface area contributed by atoms with Crippen LogP contribution in [-0.2, 0) is 16.1 Å². The molecule has 148 valence electrons. The molecule has 0 saturated heterocycles. The fourth-order valence-electron chi connectivity index (χ4n) is 3.07. The fraction of sp³-hybridized carbons (Fsp3) is 0.333. The Hall–Kier alpha value is -2.73. The molecule has 1 aliphatic heterocycles. The highest BCUT2D eigenvalue weighted by Gasteiger charge is 2.27. The Labute approximate surface area is 169 Å². The highest BCUT2D eigenvalue weighted by atomic mass is 35.5.